The zero-order valence-electron chi connectivity index (χ0n) is 16.6. The van der Waals surface area contributed by atoms with Gasteiger partial charge in [-0.15, -0.1) is 11.3 Å². The Hall–Kier alpha value is -2.01. The largest absolute Gasteiger partial charge is 0.367 e. The maximum absolute atomic E-state index is 13.5. The molecular formula is C23H26FN3S. The highest BCUT2D eigenvalue weighted by atomic mass is 32.1. The Morgan fingerprint density at radius 2 is 1.89 bits per heavy atom. The van der Waals surface area contributed by atoms with Gasteiger partial charge in [-0.05, 0) is 75.5 Å². The summed E-state index contributed by atoms with van der Waals surface area (Å²) < 4.78 is 13.5. The number of rotatable bonds is 4. The van der Waals surface area contributed by atoms with Crippen molar-refractivity contribution < 1.29 is 4.39 Å². The van der Waals surface area contributed by atoms with Crippen LogP contribution in [0.25, 0.3) is 21.3 Å². The SMILES string of the molecule is Cc1nc(NC(C)C2CC3CCC2C3)c2c(-c3ccc(F)cc3)c(C)sc2n1. The van der Waals surface area contributed by atoms with E-state index in [1.807, 2.05) is 19.1 Å². The van der Waals surface area contributed by atoms with Crippen LogP contribution in [0.3, 0.4) is 0 Å². The molecule has 0 radical (unpaired) electrons. The third kappa shape index (κ3) is 3.00. The van der Waals surface area contributed by atoms with Crippen LogP contribution >= 0.6 is 11.3 Å². The molecule has 0 aliphatic heterocycles. The summed E-state index contributed by atoms with van der Waals surface area (Å²) in [5.74, 6) is 4.05. The molecule has 4 unspecified atom stereocenters. The highest BCUT2D eigenvalue weighted by Crippen LogP contribution is 2.50. The molecule has 1 aromatic carbocycles. The first kappa shape index (κ1) is 18.0. The van der Waals surface area contributed by atoms with E-state index in [0.717, 1.165) is 50.7 Å². The lowest BCUT2D eigenvalue weighted by Crippen LogP contribution is -2.30. The zero-order valence-corrected chi connectivity index (χ0v) is 17.4. The molecule has 1 N–H and O–H groups in total. The van der Waals surface area contributed by atoms with E-state index in [1.165, 1.54) is 42.7 Å². The summed E-state index contributed by atoms with van der Waals surface area (Å²) in [6.07, 6.45) is 5.56. The van der Waals surface area contributed by atoms with E-state index >= 15 is 0 Å². The van der Waals surface area contributed by atoms with E-state index < -0.39 is 0 Å². The quantitative estimate of drug-likeness (QED) is 0.559. The monoisotopic (exact) mass is 395 g/mol. The van der Waals surface area contributed by atoms with Gasteiger partial charge in [0, 0.05) is 16.5 Å². The first-order valence-electron chi connectivity index (χ1n) is 10.3. The molecule has 3 nitrogen and oxygen atoms in total. The fourth-order valence-corrected chi connectivity index (χ4v) is 6.61. The van der Waals surface area contributed by atoms with Gasteiger partial charge in [0.25, 0.3) is 0 Å². The van der Waals surface area contributed by atoms with Crippen LogP contribution < -0.4 is 5.32 Å². The van der Waals surface area contributed by atoms with E-state index in [-0.39, 0.29) is 5.82 Å². The minimum atomic E-state index is -0.212. The number of fused-ring (bicyclic) bond motifs is 3. The van der Waals surface area contributed by atoms with E-state index in [1.54, 1.807) is 11.3 Å². The van der Waals surface area contributed by atoms with Crippen LogP contribution in [0.5, 0.6) is 0 Å². The van der Waals surface area contributed by atoms with Crippen molar-refractivity contribution in [2.45, 2.75) is 52.5 Å². The van der Waals surface area contributed by atoms with Crippen molar-refractivity contribution in [1.29, 1.82) is 0 Å². The average molecular weight is 396 g/mol. The Morgan fingerprint density at radius 1 is 1.11 bits per heavy atom. The number of nitrogens with zero attached hydrogens (tertiary/aromatic N) is 2. The molecule has 0 spiro atoms. The number of thiophene rings is 1. The highest BCUT2D eigenvalue weighted by molar-refractivity contribution is 7.19. The average Bonchev–Trinajstić information content (AvgIpc) is 3.36. The molecule has 0 amide bonds. The standard InChI is InChI=1S/C23H26FN3S/c1-12(19-11-15-4-5-17(19)10-15)25-22-21-20(16-6-8-18(24)9-7-16)13(2)28-23(21)27-14(3)26-22/h6-9,12,15,17,19H,4-5,10-11H2,1-3H3,(H,25,26,27). The van der Waals surface area contributed by atoms with Crippen molar-refractivity contribution in [3.63, 3.8) is 0 Å². The molecule has 2 bridgehead atoms. The van der Waals surface area contributed by atoms with Gasteiger partial charge in [0.05, 0.1) is 5.39 Å². The maximum Gasteiger partial charge on any atom is 0.139 e. The third-order valence-electron chi connectivity index (χ3n) is 6.77. The van der Waals surface area contributed by atoms with Crippen molar-refractivity contribution in [2.24, 2.45) is 17.8 Å². The second-order valence-corrected chi connectivity index (χ2v) is 9.81. The fraction of sp³-hybridized carbons (Fsp3) is 0.478. The lowest BCUT2D eigenvalue weighted by atomic mass is 9.84. The van der Waals surface area contributed by atoms with Crippen molar-refractivity contribution in [3.05, 3.63) is 40.8 Å². The van der Waals surface area contributed by atoms with E-state index in [4.69, 9.17) is 9.97 Å². The molecule has 3 aromatic rings. The van der Waals surface area contributed by atoms with Gasteiger partial charge in [-0.1, -0.05) is 18.6 Å². The van der Waals surface area contributed by atoms with Crippen LogP contribution in [0.4, 0.5) is 10.2 Å². The summed E-state index contributed by atoms with van der Waals surface area (Å²) in [6.45, 7) is 6.38. The van der Waals surface area contributed by atoms with Crippen LogP contribution in [-0.2, 0) is 0 Å². The fourth-order valence-electron chi connectivity index (χ4n) is 5.52. The van der Waals surface area contributed by atoms with E-state index in [2.05, 4.69) is 19.2 Å². The summed E-state index contributed by atoms with van der Waals surface area (Å²) in [6, 6.07) is 7.16. The van der Waals surface area contributed by atoms with E-state index in [0.29, 0.717) is 6.04 Å². The Morgan fingerprint density at radius 3 is 2.57 bits per heavy atom. The molecular weight excluding hydrogens is 369 g/mol. The molecule has 2 heterocycles. The van der Waals surface area contributed by atoms with Gasteiger partial charge in [0.1, 0.15) is 22.3 Å². The lowest BCUT2D eigenvalue weighted by molar-refractivity contribution is 0.304. The number of halogens is 1. The summed E-state index contributed by atoms with van der Waals surface area (Å²) in [5.41, 5.74) is 2.15. The van der Waals surface area contributed by atoms with Crippen molar-refractivity contribution in [2.75, 3.05) is 5.32 Å². The third-order valence-corrected chi connectivity index (χ3v) is 7.77. The molecule has 2 aliphatic rings. The predicted molar refractivity (Wildman–Crippen MR) is 114 cm³/mol. The van der Waals surface area contributed by atoms with Gasteiger partial charge in [0.2, 0.25) is 0 Å². The Labute approximate surface area is 169 Å². The molecule has 2 aliphatic carbocycles. The molecule has 2 aromatic heterocycles. The van der Waals surface area contributed by atoms with Crippen LogP contribution in [0, 0.1) is 37.4 Å². The van der Waals surface area contributed by atoms with Gasteiger partial charge in [0.15, 0.2) is 0 Å². The second-order valence-electron chi connectivity index (χ2n) is 8.61. The second kappa shape index (κ2) is 6.80. The summed E-state index contributed by atoms with van der Waals surface area (Å²) >= 11 is 1.69. The van der Waals surface area contributed by atoms with Gasteiger partial charge in [-0.2, -0.15) is 0 Å². The van der Waals surface area contributed by atoms with Gasteiger partial charge < -0.3 is 5.32 Å². The lowest BCUT2D eigenvalue weighted by Gasteiger charge is -2.29. The molecule has 0 saturated heterocycles. The number of aromatic nitrogens is 2. The van der Waals surface area contributed by atoms with Crippen molar-refractivity contribution >= 4 is 27.4 Å². The van der Waals surface area contributed by atoms with Gasteiger partial charge >= 0.3 is 0 Å². The van der Waals surface area contributed by atoms with Crippen molar-refractivity contribution in [1.82, 2.24) is 9.97 Å². The highest BCUT2D eigenvalue weighted by Gasteiger charge is 2.42. The summed E-state index contributed by atoms with van der Waals surface area (Å²) in [4.78, 5) is 11.7. The number of aryl methyl sites for hydroxylation is 2. The van der Waals surface area contributed by atoms with Gasteiger partial charge in [-0.25, -0.2) is 14.4 Å². The van der Waals surface area contributed by atoms with Crippen LogP contribution in [0.1, 0.15) is 43.3 Å². The minimum absolute atomic E-state index is 0.212. The minimum Gasteiger partial charge on any atom is -0.367 e. The van der Waals surface area contributed by atoms with Gasteiger partial charge in [-0.3, -0.25) is 0 Å². The Balaban J connectivity index is 1.57. The maximum atomic E-state index is 13.5. The zero-order chi connectivity index (χ0) is 19.4. The van der Waals surface area contributed by atoms with Crippen molar-refractivity contribution in [3.8, 4) is 11.1 Å². The van der Waals surface area contributed by atoms with Crippen LogP contribution in [-0.4, -0.2) is 16.0 Å². The summed E-state index contributed by atoms with van der Waals surface area (Å²) in [7, 11) is 0. The molecule has 2 fully saturated rings. The molecule has 146 valence electrons. The Kier molecular flexibility index (Phi) is 4.38. The number of anilines is 1. The topological polar surface area (TPSA) is 37.8 Å². The first-order chi connectivity index (χ1) is 13.5. The summed E-state index contributed by atoms with van der Waals surface area (Å²) in [5, 5.41) is 4.85. The molecule has 28 heavy (non-hydrogen) atoms. The first-order valence-corrected chi connectivity index (χ1v) is 11.1. The van der Waals surface area contributed by atoms with Crippen LogP contribution in [0.15, 0.2) is 24.3 Å². The van der Waals surface area contributed by atoms with Crippen LogP contribution in [0.2, 0.25) is 0 Å². The van der Waals surface area contributed by atoms with E-state index in [9.17, 15) is 4.39 Å². The number of hydrogen-bond acceptors (Lipinski definition) is 4. The predicted octanol–water partition coefficient (Wildman–Crippen LogP) is 6.35. The smallest absolute Gasteiger partial charge is 0.139 e. The molecule has 2 saturated carbocycles. The normalized spacial score (nSPS) is 24.8. The molecule has 4 atom stereocenters. The molecule has 5 rings (SSSR count). The Bertz CT molecular complexity index is 1030. The number of hydrogen-bond donors (Lipinski definition) is 1. The number of benzene rings is 1. The molecule has 5 heteroatoms. The number of nitrogens with one attached hydrogen (secondary N) is 1.